The summed E-state index contributed by atoms with van der Waals surface area (Å²) in [6, 6.07) is 24.6. The van der Waals surface area contributed by atoms with Crippen LogP contribution in [-0.2, 0) is 9.59 Å². The van der Waals surface area contributed by atoms with E-state index >= 15 is 0 Å². The predicted octanol–water partition coefficient (Wildman–Crippen LogP) is 5.59. The van der Waals surface area contributed by atoms with Crippen LogP contribution in [0, 0.1) is 0 Å². The van der Waals surface area contributed by atoms with Crippen molar-refractivity contribution >= 4 is 33.9 Å². The molecule has 0 spiro atoms. The monoisotopic (exact) mass is 493 g/mol. The SMILES string of the molecule is CCOc1ccc(C2/C(=C(/O)c3ccc4ccccc4c3)C(=O)C(=O)N2c2ccc3c(c2)OCO3)cc1. The molecule has 4 aromatic rings. The molecule has 1 amide bonds. The first-order valence-electron chi connectivity index (χ1n) is 12.0. The van der Waals surface area contributed by atoms with E-state index in [1.807, 2.05) is 43.3 Å². The van der Waals surface area contributed by atoms with Crippen LogP contribution in [0.2, 0.25) is 0 Å². The summed E-state index contributed by atoms with van der Waals surface area (Å²) in [5, 5.41) is 13.4. The Morgan fingerprint density at radius 2 is 1.68 bits per heavy atom. The number of amides is 1. The molecule has 0 aromatic heterocycles. The largest absolute Gasteiger partial charge is 0.507 e. The molecular formula is C30H23NO6. The molecule has 1 unspecified atom stereocenters. The maximum atomic E-state index is 13.5. The topological polar surface area (TPSA) is 85.3 Å². The van der Waals surface area contributed by atoms with Gasteiger partial charge in [-0.25, -0.2) is 0 Å². The minimum absolute atomic E-state index is 0.0158. The molecule has 0 bridgehead atoms. The highest BCUT2D eigenvalue weighted by atomic mass is 16.7. The van der Waals surface area contributed by atoms with Crippen molar-refractivity contribution in [2.24, 2.45) is 0 Å². The number of nitrogens with zero attached hydrogens (tertiary/aromatic N) is 1. The zero-order chi connectivity index (χ0) is 25.5. The van der Waals surface area contributed by atoms with Crippen molar-refractivity contribution in [3.05, 3.63) is 102 Å². The smallest absolute Gasteiger partial charge is 0.300 e. The van der Waals surface area contributed by atoms with Gasteiger partial charge in [-0.15, -0.1) is 0 Å². The van der Waals surface area contributed by atoms with Crippen LogP contribution >= 0.6 is 0 Å². The molecule has 0 radical (unpaired) electrons. The number of fused-ring (bicyclic) bond motifs is 2. The van der Waals surface area contributed by atoms with Gasteiger partial charge in [-0.1, -0.05) is 48.5 Å². The van der Waals surface area contributed by atoms with E-state index in [0.29, 0.717) is 40.7 Å². The van der Waals surface area contributed by atoms with E-state index in [9.17, 15) is 14.7 Å². The number of aliphatic hydroxyl groups excluding tert-OH is 1. The quantitative estimate of drug-likeness (QED) is 0.222. The fourth-order valence-corrected chi connectivity index (χ4v) is 4.85. The van der Waals surface area contributed by atoms with E-state index in [0.717, 1.165) is 10.8 Å². The molecule has 0 aliphatic carbocycles. The van der Waals surface area contributed by atoms with Crippen molar-refractivity contribution in [1.82, 2.24) is 0 Å². The summed E-state index contributed by atoms with van der Waals surface area (Å²) in [5.41, 5.74) is 1.59. The third-order valence-electron chi connectivity index (χ3n) is 6.61. The van der Waals surface area contributed by atoms with Crippen LogP contribution in [0.4, 0.5) is 5.69 Å². The van der Waals surface area contributed by atoms with Crippen LogP contribution in [0.15, 0.2) is 90.5 Å². The van der Waals surface area contributed by atoms with E-state index in [1.54, 1.807) is 48.5 Å². The summed E-state index contributed by atoms with van der Waals surface area (Å²) in [6.45, 7) is 2.49. The molecule has 1 atom stereocenters. The van der Waals surface area contributed by atoms with Gasteiger partial charge in [-0.3, -0.25) is 14.5 Å². The third kappa shape index (κ3) is 3.85. The normalized spacial score (nSPS) is 18.0. The summed E-state index contributed by atoms with van der Waals surface area (Å²) >= 11 is 0. The molecule has 2 aliphatic rings. The van der Waals surface area contributed by atoms with Crippen molar-refractivity contribution in [1.29, 1.82) is 0 Å². The first-order chi connectivity index (χ1) is 18.0. The van der Waals surface area contributed by atoms with Gasteiger partial charge >= 0.3 is 0 Å². The first kappa shape index (κ1) is 22.7. The lowest BCUT2D eigenvalue weighted by molar-refractivity contribution is -0.132. The van der Waals surface area contributed by atoms with Crippen molar-refractivity contribution in [3.8, 4) is 17.2 Å². The van der Waals surface area contributed by atoms with E-state index < -0.39 is 17.7 Å². The van der Waals surface area contributed by atoms with Gasteiger partial charge in [0, 0.05) is 17.3 Å². The van der Waals surface area contributed by atoms with Gasteiger partial charge < -0.3 is 19.3 Å². The molecule has 6 rings (SSSR count). The third-order valence-corrected chi connectivity index (χ3v) is 6.61. The van der Waals surface area contributed by atoms with Crippen molar-refractivity contribution in [3.63, 3.8) is 0 Å². The van der Waals surface area contributed by atoms with Gasteiger partial charge in [0.05, 0.1) is 18.2 Å². The van der Waals surface area contributed by atoms with Gasteiger partial charge in [-0.05, 0) is 53.6 Å². The van der Waals surface area contributed by atoms with Crippen molar-refractivity contribution < 1.29 is 28.9 Å². The molecule has 37 heavy (non-hydrogen) atoms. The fourth-order valence-electron chi connectivity index (χ4n) is 4.85. The van der Waals surface area contributed by atoms with E-state index in [1.165, 1.54) is 4.90 Å². The number of anilines is 1. The molecule has 0 saturated carbocycles. The lowest BCUT2D eigenvalue weighted by Crippen LogP contribution is -2.29. The molecule has 184 valence electrons. The second-order valence-electron chi connectivity index (χ2n) is 8.77. The number of aliphatic hydroxyl groups is 1. The van der Waals surface area contributed by atoms with Crippen LogP contribution in [0.3, 0.4) is 0 Å². The Morgan fingerprint density at radius 3 is 2.46 bits per heavy atom. The Hall–Kier alpha value is -4.78. The predicted molar refractivity (Wildman–Crippen MR) is 139 cm³/mol. The number of carbonyl (C=O) groups is 2. The Labute approximate surface area is 213 Å². The average Bonchev–Trinajstić information content (AvgIpc) is 3.50. The van der Waals surface area contributed by atoms with E-state index in [2.05, 4.69) is 0 Å². The molecule has 7 heteroatoms. The van der Waals surface area contributed by atoms with Crippen molar-refractivity contribution in [2.45, 2.75) is 13.0 Å². The van der Waals surface area contributed by atoms with E-state index in [-0.39, 0.29) is 18.1 Å². The molecule has 1 fully saturated rings. The standard InChI is InChI=1S/C30H23NO6/c1-2-35-23-12-9-19(10-13-23)27-26(28(32)21-8-7-18-5-3-4-6-20(18)15-21)29(33)30(34)31(27)22-11-14-24-25(16-22)37-17-36-24/h3-16,27,32H,2,17H2,1H3/b28-26-. The van der Waals surface area contributed by atoms with E-state index in [4.69, 9.17) is 14.2 Å². The number of benzene rings is 4. The first-order valence-corrected chi connectivity index (χ1v) is 12.0. The Kier molecular flexibility index (Phi) is 5.53. The van der Waals surface area contributed by atoms with Gasteiger partial charge in [0.25, 0.3) is 11.7 Å². The van der Waals surface area contributed by atoms with Gasteiger partial charge in [0.2, 0.25) is 6.79 Å². The lowest BCUT2D eigenvalue weighted by atomic mass is 9.94. The second-order valence-corrected chi connectivity index (χ2v) is 8.77. The zero-order valence-electron chi connectivity index (χ0n) is 20.0. The fraction of sp³-hybridized carbons (Fsp3) is 0.133. The maximum absolute atomic E-state index is 13.5. The summed E-state index contributed by atoms with van der Waals surface area (Å²) in [7, 11) is 0. The van der Waals surface area contributed by atoms with Crippen LogP contribution in [0.5, 0.6) is 17.2 Å². The highest BCUT2D eigenvalue weighted by Crippen LogP contribution is 2.45. The number of ether oxygens (including phenoxy) is 3. The number of rotatable bonds is 5. The molecular weight excluding hydrogens is 470 g/mol. The summed E-state index contributed by atoms with van der Waals surface area (Å²) in [6.07, 6.45) is 0. The van der Waals surface area contributed by atoms with Crippen molar-refractivity contribution in [2.75, 3.05) is 18.3 Å². The molecule has 7 nitrogen and oxygen atoms in total. The van der Waals surface area contributed by atoms with Crippen LogP contribution < -0.4 is 19.1 Å². The summed E-state index contributed by atoms with van der Waals surface area (Å²) in [4.78, 5) is 28.3. The van der Waals surface area contributed by atoms with Gasteiger partial charge in [0.1, 0.15) is 11.5 Å². The molecule has 4 aromatic carbocycles. The Balaban J connectivity index is 1.52. The highest BCUT2D eigenvalue weighted by molar-refractivity contribution is 6.51. The van der Waals surface area contributed by atoms with Crippen LogP contribution in [0.1, 0.15) is 24.1 Å². The minimum Gasteiger partial charge on any atom is -0.507 e. The van der Waals surface area contributed by atoms with Crippen LogP contribution in [-0.4, -0.2) is 30.2 Å². The number of hydrogen-bond donors (Lipinski definition) is 1. The number of carbonyl (C=O) groups excluding carboxylic acids is 2. The van der Waals surface area contributed by atoms with Gasteiger partial charge in [0.15, 0.2) is 11.5 Å². The lowest BCUT2D eigenvalue weighted by Gasteiger charge is -2.25. The summed E-state index contributed by atoms with van der Waals surface area (Å²) in [5.74, 6) is -0.0113. The maximum Gasteiger partial charge on any atom is 0.300 e. The molecule has 1 N–H and O–H groups in total. The summed E-state index contributed by atoms with van der Waals surface area (Å²) < 4.78 is 16.5. The molecule has 2 heterocycles. The second kappa shape index (κ2) is 9.02. The molecule has 2 aliphatic heterocycles. The zero-order valence-corrected chi connectivity index (χ0v) is 20.0. The Morgan fingerprint density at radius 1 is 0.919 bits per heavy atom. The minimum atomic E-state index is -0.859. The number of Topliss-reactive ketones (excluding diaryl/α,β-unsaturated/α-hetero) is 1. The number of hydrogen-bond acceptors (Lipinski definition) is 6. The number of ketones is 1. The highest BCUT2D eigenvalue weighted by Gasteiger charge is 2.47. The van der Waals surface area contributed by atoms with Gasteiger partial charge in [-0.2, -0.15) is 0 Å². The average molecular weight is 494 g/mol. The molecule has 1 saturated heterocycles. The van der Waals surface area contributed by atoms with Crippen LogP contribution in [0.25, 0.3) is 16.5 Å². The Bertz CT molecular complexity index is 1570.